The lowest BCUT2D eigenvalue weighted by Gasteiger charge is -2.17. The van der Waals surface area contributed by atoms with Crippen LogP contribution in [-0.4, -0.2) is 80.7 Å². The van der Waals surface area contributed by atoms with E-state index in [-0.39, 0.29) is 48.1 Å². The molecule has 3 N–H and O–H groups in total. The molecule has 43 heavy (non-hydrogen) atoms. The average Bonchev–Trinajstić information content (AvgIpc) is 3.72. The van der Waals surface area contributed by atoms with Gasteiger partial charge in [-0.25, -0.2) is 19.4 Å². The minimum atomic E-state index is -4.42. The second kappa shape index (κ2) is 12.1. The van der Waals surface area contributed by atoms with Gasteiger partial charge >= 0.3 is 12.2 Å². The van der Waals surface area contributed by atoms with Crippen LogP contribution in [0.1, 0.15) is 35.8 Å². The number of pyridine rings is 1. The topological polar surface area (TPSA) is 142 Å². The van der Waals surface area contributed by atoms with Gasteiger partial charge in [0.25, 0.3) is 5.91 Å². The van der Waals surface area contributed by atoms with Gasteiger partial charge in [0, 0.05) is 31.4 Å². The number of benzene rings is 1. The van der Waals surface area contributed by atoms with Gasteiger partial charge in [0.15, 0.2) is 11.5 Å². The number of β-amino-alcohol motifs (C(OH)–C–C–N with tert-alkyl or cyclic N) is 1. The van der Waals surface area contributed by atoms with Crippen molar-refractivity contribution in [2.24, 2.45) is 0 Å². The zero-order valence-electron chi connectivity index (χ0n) is 23.3. The van der Waals surface area contributed by atoms with Crippen molar-refractivity contribution < 1.29 is 32.3 Å². The highest BCUT2D eigenvalue weighted by Crippen LogP contribution is 2.30. The molecule has 5 rings (SSSR count). The number of nitrogens with one attached hydrogen (secondary N) is 2. The van der Waals surface area contributed by atoms with E-state index in [2.05, 4.69) is 39.5 Å². The number of oxazole rings is 1. The standard InChI is InChI=1S/C28H29F3N8O4/c1-17(2)18-3-5-20(6-4-18)39-14-21(24(36-39)38-10-9-37(11-12-40)27(38)42)34-25(41)22-15-43-26(35-22)19-7-8-32-23(13-19)33-16-28(29,30)31/h3-8,13-15,17,40H,9-12,16H2,1-2H3,(H,32,33)(H,34,41). The molecule has 0 saturated carbocycles. The van der Waals surface area contributed by atoms with Crippen molar-refractivity contribution in [3.8, 4) is 17.1 Å². The molecule has 1 fully saturated rings. The lowest BCUT2D eigenvalue weighted by molar-refractivity contribution is -0.115. The van der Waals surface area contributed by atoms with Gasteiger partial charge in [0.2, 0.25) is 5.89 Å². The van der Waals surface area contributed by atoms with Crippen LogP contribution >= 0.6 is 0 Å². The zero-order valence-corrected chi connectivity index (χ0v) is 23.3. The molecule has 0 atom stereocenters. The maximum Gasteiger partial charge on any atom is 0.405 e. The lowest BCUT2D eigenvalue weighted by atomic mass is 10.0. The third-order valence-corrected chi connectivity index (χ3v) is 6.70. The van der Waals surface area contributed by atoms with Gasteiger partial charge in [-0.1, -0.05) is 26.0 Å². The number of nitrogens with zero attached hydrogens (tertiary/aromatic N) is 6. The quantitative estimate of drug-likeness (QED) is 0.242. The second-order valence-electron chi connectivity index (χ2n) is 10.1. The van der Waals surface area contributed by atoms with Gasteiger partial charge < -0.3 is 25.1 Å². The van der Waals surface area contributed by atoms with E-state index < -0.39 is 18.6 Å². The molecule has 1 aliphatic rings. The molecule has 0 bridgehead atoms. The van der Waals surface area contributed by atoms with E-state index in [1.807, 2.05) is 24.3 Å². The maximum absolute atomic E-state index is 13.3. The van der Waals surface area contributed by atoms with E-state index in [1.54, 1.807) is 10.9 Å². The molecular formula is C28H29F3N8O4. The SMILES string of the molecule is CC(C)c1ccc(-n2cc(NC(=O)c3coc(-c4ccnc(NCC(F)(F)F)c4)n3)c(N3CCN(CCO)C3=O)n2)cc1. The van der Waals surface area contributed by atoms with E-state index in [9.17, 15) is 27.9 Å². The molecular weight excluding hydrogens is 569 g/mol. The predicted molar refractivity (Wildman–Crippen MR) is 151 cm³/mol. The van der Waals surface area contributed by atoms with Crippen molar-refractivity contribution in [3.05, 3.63) is 66.3 Å². The summed E-state index contributed by atoms with van der Waals surface area (Å²) in [4.78, 5) is 37.2. The van der Waals surface area contributed by atoms with Crippen molar-refractivity contribution in [2.75, 3.05) is 48.3 Å². The Morgan fingerprint density at radius 2 is 1.93 bits per heavy atom. The minimum Gasteiger partial charge on any atom is -0.444 e. The van der Waals surface area contributed by atoms with Gasteiger partial charge in [0.1, 0.15) is 24.3 Å². The normalized spacial score (nSPS) is 13.7. The Balaban J connectivity index is 1.40. The summed E-state index contributed by atoms with van der Waals surface area (Å²) in [5, 5.41) is 18.9. The van der Waals surface area contributed by atoms with Gasteiger partial charge in [0.05, 0.1) is 18.5 Å². The Morgan fingerprint density at radius 3 is 2.63 bits per heavy atom. The third kappa shape index (κ3) is 6.77. The fourth-order valence-corrected chi connectivity index (χ4v) is 4.45. The number of urea groups is 1. The average molecular weight is 599 g/mol. The van der Waals surface area contributed by atoms with Gasteiger partial charge in [-0.2, -0.15) is 13.2 Å². The summed E-state index contributed by atoms with van der Waals surface area (Å²) in [5.74, 6) is -0.153. The molecule has 12 nitrogen and oxygen atoms in total. The highest BCUT2D eigenvalue weighted by Gasteiger charge is 2.33. The largest absolute Gasteiger partial charge is 0.444 e. The number of hydrogen-bond acceptors (Lipinski definition) is 8. The highest BCUT2D eigenvalue weighted by molar-refractivity contribution is 6.06. The fourth-order valence-electron chi connectivity index (χ4n) is 4.45. The Labute approximate surface area is 244 Å². The molecule has 3 amide bonds. The molecule has 1 saturated heterocycles. The molecule has 0 radical (unpaired) electrons. The number of anilines is 3. The number of aromatic nitrogens is 4. The molecule has 15 heteroatoms. The summed E-state index contributed by atoms with van der Waals surface area (Å²) in [6.45, 7) is 3.55. The van der Waals surface area contributed by atoms with E-state index in [4.69, 9.17) is 4.42 Å². The summed E-state index contributed by atoms with van der Waals surface area (Å²) in [6.07, 6.45) is -0.430. The second-order valence-corrected chi connectivity index (χ2v) is 10.1. The van der Waals surface area contributed by atoms with Crippen LogP contribution in [0.25, 0.3) is 17.1 Å². The van der Waals surface area contributed by atoms with Gasteiger partial charge in [-0.3, -0.25) is 9.69 Å². The Morgan fingerprint density at radius 1 is 1.16 bits per heavy atom. The molecule has 1 aliphatic heterocycles. The zero-order chi connectivity index (χ0) is 30.7. The molecule has 0 aliphatic carbocycles. The molecule has 1 aromatic carbocycles. The van der Waals surface area contributed by atoms with Crippen LogP contribution in [0.3, 0.4) is 0 Å². The lowest BCUT2D eigenvalue weighted by Crippen LogP contribution is -2.34. The smallest absolute Gasteiger partial charge is 0.405 e. The van der Waals surface area contributed by atoms with Crippen LogP contribution in [0.5, 0.6) is 0 Å². The number of rotatable bonds is 10. The monoisotopic (exact) mass is 598 g/mol. The van der Waals surface area contributed by atoms with Gasteiger partial charge in [-0.05, 0) is 35.7 Å². The van der Waals surface area contributed by atoms with Crippen molar-refractivity contribution >= 4 is 29.3 Å². The van der Waals surface area contributed by atoms with E-state index in [1.165, 1.54) is 28.1 Å². The molecule has 0 unspecified atom stereocenters. The first-order valence-corrected chi connectivity index (χ1v) is 13.4. The van der Waals surface area contributed by atoms with Crippen LogP contribution in [0.15, 0.2) is 59.5 Å². The number of carbonyl (C=O) groups is 2. The summed E-state index contributed by atoms with van der Waals surface area (Å²) in [5.41, 5.74) is 2.29. The van der Waals surface area contributed by atoms with Gasteiger partial charge in [-0.15, -0.1) is 5.10 Å². The molecule has 226 valence electrons. The molecule has 4 heterocycles. The first-order chi connectivity index (χ1) is 20.5. The van der Waals surface area contributed by atoms with Crippen LogP contribution in [-0.2, 0) is 0 Å². The fraction of sp³-hybridized carbons (Fsp3) is 0.321. The third-order valence-electron chi connectivity index (χ3n) is 6.70. The number of aliphatic hydroxyl groups excluding tert-OH is 1. The number of halogens is 3. The number of amides is 3. The molecule has 0 spiro atoms. The molecule has 3 aromatic heterocycles. The van der Waals surface area contributed by atoms with E-state index in [0.29, 0.717) is 30.3 Å². The number of carbonyl (C=O) groups excluding carboxylic acids is 2. The molecule has 4 aromatic rings. The number of alkyl halides is 3. The summed E-state index contributed by atoms with van der Waals surface area (Å²) in [6, 6.07) is 10.2. The predicted octanol–water partition coefficient (Wildman–Crippen LogP) is 4.51. The first-order valence-electron chi connectivity index (χ1n) is 13.4. The van der Waals surface area contributed by atoms with Crippen LogP contribution in [0.2, 0.25) is 0 Å². The first kappa shape index (κ1) is 29.6. The summed E-state index contributed by atoms with van der Waals surface area (Å²) in [7, 11) is 0. The summed E-state index contributed by atoms with van der Waals surface area (Å²) < 4.78 is 44.7. The van der Waals surface area contributed by atoms with Crippen LogP contribution in [0.4, 0.5) is 35.3 Å². The van der Waals surface area contributed by atoms with Crippen molar-refractivity contribution in [3.63, 3.8) is 0 Å². The van der Waals surface area contributed by atoms with Crippen molar-refractivity contribution in [2.45, 2.75) is 25.9 Å². The maximum atomic E-state index is 13.3. The minimum absolute atomic E-state index is 0.00173. The Kier molecular flexibility index (Phi) is 8.34. The van der Waals surface area contributed by atoms with Crippen molar-refractivity contribution in [1.29, 1.82) is 0 Å². The van der Waals surface area contributed by atoms with Crippen LogP contribution < -0.4 is 15.5 Å². The van der Waals surface area contributed by atoms with E-state index >= 15 is 0 Å². The summed E-state index contributed by atoms with van der Waals surface area (Å²) >= 11 is 0. The van der Waals surface area contributed by atoms with Crippen molar-refractivity contribution in [1.82, 2.24) is 24.6 Å². The number of hydrogen-bond donors (Lipinski definition) is 3. The highest BCUT2D eigenvalue weighted by atomic mass is 19.4. The number of aliphatic hydroxyl groups is 1. The van der Waals surface area contributed by atoms with Crippen LogP contribution in [0, 0.1) is 0 Å². The Bertz CT molecular complexity index is 1600. The van der Waals surface area contributed by atoms with E-state index in [0.717, 1.165) is 11.8 Å². The Hall–Kier alpha value is -4.92.